The zero-order valence-electron chi connectivity index (χ0n) is 12.6. The molecule has 0 aromatic carbocycles. The fourth-order valence-electron chi connectivity index (χ4n) is 2.36. The summed E-state index contributed by atoms with van der Waals surface area (Å²) in [6.45, 7) is 12.4. The van der Waals surface area contributed by atoms with E-state index in [1.807, 2.05) is 0 Å². The van der Waals surface area contributed by atoms with Crippen molar-refractivity contribution in [2.75, 3.05) is 33.7 Å². The molecule has 1 rings (SSSR count). The van der Waals surface area contributed by atoms with Crippen LogP contribution in [0.4, 0.5) is 0 Å². The van der Waals surface area contributed by atoms with Gasteiger partial charge in [0.25, 0.3) is 0 Å². The Balaban J connectivity index is 2.46. The van der Waals surface area contributed by atoms with Gasteiger partial charge in [-0.1, -0.05) is 13.8 Å². The molecule has 3 nitrogen and oxygen atoms in total. The van der Waals surface area contributed by atoms with Crippen molar-refractivity contribution in [3.8, 4) is 0 Å². The summed E-state index contributed by atoms with van der Waals surface area (Å²) >= 11 is 0. The number of likely N-dealkylation sites (tertiary alicyclic amines) is 1. The second-order valence-electron chi connectivity index (χ2n) is 7.08. The molecule has 0 saturated carbocycles. The van der Waals surface area contributed by atoms with Gasteiger partial charge < -0.3 is 15.5 Å². The van der Waals surface area contributed by atoms with Crippen molar-refractivity contribution in [1.29, 1.82) is 0 Å². The van der Waals surface area contributed by atoms with Gasteiger partial charge in [0, 0.05) is 18.1 Å². The monoisotopic (exact) mass is 241 g/mol. The van der Waals surface area contributed by atoms with Gasteiger partial charge in [0.2, 0.25) is 0 Å². The minimum Gasteiger partial charge on any atom is -0.325 e. The Bertz CT molecular complexity index is 232. The standard InChI is InChI=1S/C14H31N3/c1-13(2,14(3,4)15)11-17-9-7-12(8-10-17)16(5)6/h12H,7-11,15H2,1-6H3. The molecule has 1 aliphatic rings. The van der Waals surface area contributed by atoms with E-state index < -0.39 is 0 Å². The molecule has 0 spiro atoms. The lowest BCUT2D eigenvalue weighted by molar-refractivity contribution is 0.0758. The van der Waals surface area contributed by atoms with Crippen molar-refractivity contribution in [1.82, 2.24) is 9.80 Å². The molecule has 2 N–H and O–H groups in total. The van der Waals surface area contributed by atoms with E-state index in [1.54, 1.807) is 0 Å². The van der Waals surface area contributed by atoms with Gasteiger partial charge in [-0.25, -0.2) is 0 Å². The maximum atomic E-state index is 6.27. The lowest BCUT2D eigenvalue weighted by Crippen LogP contribution is -2.54. The average molecular weight is 241 g/mol. The third-order valence-corrected chi connectivity index (χ3v) is 4.65. The molecule has 1 saturated heterocycles. The summed E-state index contributed by atoms with van der Waals surface area (Å²) in [5.74, 6) is 0. The van der Waals surface area contributed by atoms with Crippen molar-refractivity contribution in [3.63, 3.8) is 0 Å². The normalized spacial score (nSPS) is 21.2. The van der Waals surface area contributed by atoms with Crippen LogP contribution in [0.2, 0.25) is 0 Å². The Hall–Kier alpha value is -0.120. The molecule has 0 atom stereocenters. The molecule has 0 unspecified atom stereocenters. The first-order valence-corrected chi connectivity index (χ1v) is 6.81. The highest BCUT2D eigenvalue weighted by Crippen LogP contribution is 2.30. The Labute approximate surface area is 107 Å². The van der Waals surface area contributed by atoms with E-state index in [2.05, 4.69) is 51.6 Å². The second kappa shape index (κ2) is 5.25. The summed E-state index contributed by atoms with van der Waals surface area (Å²) in [5, 5.41) is 0. The van der Waals surface area contributed by atoms with Gasteiger partial charge >= 0.3 is 0 Å². The molecule has 0 aliphatic carbocycles. The molecule has 1 heterocycles. The molecule has 3 heteroatoms. The molecular weight excluding hydrogens is 210 g/mol. The van der Waals surface area contributed by atoms with Gasteiger partial charge in [0.1, 0.15) is 0 Å². The first kappa shape index (κ1) is 14.9. The zero-order valence-corrected chi connectivity index (χ0v) is 12.6. The quantitative estimate of drug-likeness (QED) is 0.814. The highest BCUT2D eigenvalue weighted by molar-refractivity contribution is 4.93. The summed E-state index contributed by atoms with van der Waals surface area (Å²) in [7, 11) is 4.38. The first-order valence-electron chi connectivity index (χ1n) is 6.81. The molecule has 102 valence electrons. The van der Waals surface area contributed by atoms with Crippen LogP contribution in [0.3, 0.4) is 0 Å². The van der Waals surface area contributed by atoms with Crippen LogP contribution in [0.25, 0.3) is 0 Å². The highest BCUT2D eigenvalue weighted by Gasteiger charge is 2.35. The molecule has 0 amide bonds. The fourth-order valence-corrected chi connectivity index (χ4v) is 2.36. The van der Waals surface area contributed by atoms with Crippen molar-refractivity contribution < 1.29 is 0 Å². The van der Waals surface area contributed by atoms with Crippen molar-refractivity contribution in [2.24, 2.45) is 11.1 Å². The van der Waals surface area contributed by atoms with Gasteiger partial charge in [0.15, 0.2) is 0 Å². The number of hydrogen-bond acceptors (Lipinski definition) is 3. The summed E-state index contributed by atoms with van der Waals surface area (Å²) in [6, 6.07) is 0.764. The number of hydrogen-bond donors (Lipinski definition) is 1. The molecule has 17 heavy (non-hydrogen) atoms. The van der Waals surface area contributed by atoms with E-state index in [-0.39, 0.29) is 11.0 Å². The molecular formula is C14H31N3. The maximum Gasteiger partial charge on any atom is 0.0161 e. The van der Waals surface area contributed by atoms with Gasteiger partial charge in [-0.2, -0.15) is 0 Å². The fraction of sp³-hybridized carbons (Fsp3) is 1.00. The molecule has 0 radical (unpaired) electrons. The lowest BCUT2D eigenvalue weighted by atomic mass is 9.74. The van der Waals surface area contributed by atoms with Gasteiger partial charge in [-0.05, 0) is 59.3 Å². The van der Waals surface area contributed by atoms with E-state index in [0.29, 0.717) is 0 Å². The van der Waals surface area contributed by atoms with Crippen LogP contribution in [0.15, 0.2) is 0 Å². The van der Waals surface area contributed by atoms with E-state index >= 15 is 0 Å². The highest BCUT2D eigenvalue weighted by atomic mass is 15.2. The molecule has 1 aliphatic heterocycles. The molecule has 0 aromatic heterocycles. The predicted octanol–water partition coefficient (Wildman–Crippen LogP) is 1.78. The number of rotatable bonds is 4. The molecule has 0 bridgehead atoms. The topological polar surface area (TPSA) is 32.5 Å². The molecule has 1 fully saturated rings. The summed E-state index contributed by atoms with van der Waals surface area (Å²) < 4.78 is 0. The summed E-state index contributed by atoms with van der Waals surface area (Å²) in [4.78, 5) is 4.93. The first-order chi connectivity index (χ1) is 7.63. The van der Waals surface area contributed by atoms with E-state index in [1.165, 1.54) is 25.9 Å². The van der Waals surface area contributed by atoms with Crippen molar-refractivity contribution in [3.05, 3.63) is 0 Å². The van der Waals surface area contributed by atoms with Gasteiger partial charge in [0.05, 0.1) is 0 Å². The van der Waals surface area contributed by atoms with Crippen LogP contribution in [-0.4, -0.2) is 55.1 Å². The number of piperidine rings is 1. The van der Waals surface area contributed by atoms with Crippen LogP contribution in [0, 0.1) is 5.41 Å². The third-order valence-electron chi connectivity index (χ3n) is 4.65. The van der Waals surface area contributed by atoms with Crippen LogP contribution in [0.5, 0.6) is 0 Å². The second-order valence-corrected chi connectivity index (χ2v) is 7.08. The van der Waals surface area contributed by atoms with Gasteiger partial charge in [-0.3, -0.25) is 0 Å². The van der Waals surface area contributed by atoms with Gasteiger partial charge in [-0.15, -0.1) is 0 Å². The van der Waals surface area contributed by atoms with Crippen LogP contribution >= 0.6 is 0 Å². The third kappa shape index (κ3) is 3.94. The summed E-state index contributed by atoms with van der Waals surface area (Å²) in [5.41, 5.74) is 6.32. The minimum absolute atomic E-state index is 0.120. The number of nitrogens with zero attached hydrogens (tertiary/aromatic N) is 2. The molecule has 0 aromatic rings. The lowest BCUT2D eigenvalue weighted by Gasteiger charge is -2.44. The maximum absolute atomic E-state index is 6.27. The number of nitrogens with two attached hydrogens (primary N) is 1. The Morgan fingerprint density at radius 2 is 1.59 bits per heavy atom. The van der Waals surface area contributed by atoms with E-state index in [9.17, 15) is 0 Å². The van der Waals surface area contributed by atoms with Crippen molar-refractivity contribution >= 4 is 0 Å². The smallest absolute Gasteiger partial charge is 0.0161 e. The Morgan fingerprint density at radius 3 is 1.94 bits per heavy atom. The van der Waals surface area contributed by atoms with E-state index in [4.69, 9.17) is 5.73 Å². The summed E-state index contributed by atoms with van der Waals surface area (Å²) in [6.07, 6.45) is 2.57. The van der Waals surface area contributed by atoms with Crippen LogP contribution in [-0.2, 0) is 0 Å². The Morgan fingerprint density at radius 1 is 1.12 bits per heavy atom. The minimum atomic E-state index is -0.120. The van der Waals surface area contributed by atoms with Crippen LogP contribution in [0.1, 0.15) is 40.5 Å². The Kier molecular flexibility index (Phi) is 4.61. The zero-order chi connectivity index (χ0) is 13.3. The SMILES string of the molecule is CN(C)C1CCN(CC(C)(C)C(C)(C)N)CC1. The predicted molar refractivity (Wildman–Crippen MR) is 75.2 cm³/mol. The largest absolute Gasteiger partial charge is 0.325 e. The van der Waals surface area contributed by atoms with Crippen LogP contribution < -0.4 is 5.73 Å². The van der Waals surface area contributed by atoms with E-state index in [0.717, 1.165) is 12.6 Å². The van der Waals surface area contributed by atoms with Crippen molar-refractivity contribution in [2.45, 2.75) is 52.1 Å². The average Bonchev–Trinajstić information content (AvgIpc) is 2.16.